The molecule has 5 heteroatoms. The molecular weight excluding hydrogens is 318 g/mol. The second kappa shape index (κ2) is 6.36. The molecule has 24 heavy (non-hydrogen) atoms. The molecule has 128 valence electrons. The Morgan fingerprint density at radius 1 is 1.21 bits per heavy atom. The van der Waals surface area contributed by atoms with E-state index < -0.39 is 0 Å². The number of nitrogens with zero attached hydrogens (tertiary/aromatic N) is 3. The molecule has 1 heterocycles. The molecule has 0 bridgehead atoms. The van der Waals surface area contributed by atoms with Gasteiger partial charge in [0.1, 0.15) is 5.82 Å². The minimum atomic E-state index is -0.180. The molecule has 0 N–H and O–H groups in total. The quantitative estimate of drug-likeness (QED) is 0.598. The molecule has 0 unspecified atom stereocenters. The molecule has 1 saturated carbocycles. The molecule has 0 amide bonds. The Balaban J connectivity index is 1.70. The van der Waals surface area contributed by atoms with Crippen molar-refractivity contribution in [2.45, 2.75) is 62.3 Å². The third kappa shape index (κ3) is 3.56. The van der Waals surface area contributed by atoms with E-state index >= 15 is 0 Å². The summed E-state index contributed by atoms with van der Waals surface area (Å²) in [5, 5.41) is 9.19. The third-order valence-electron chi connectivity index (χ3n) is 4.50. The van der Waals surface area contributed by atoms with Crippen molar-refractivity contribution >= 4 is 17.5 Å². The van der Waals surface area contributed by atoms with Gasteiger partial charge < -0.3 is 4.57 Å². The van der Waals surface area contributed by atoms with Gasteiger partial charge in [0.05, 0.1) is 5.25 Å². The number of ketones is 1. The predicted molar refractivity (Wildman–Crippen MR) is 97.8 cm³/mol. The van der Waals surface area contributed by atoms with Crippen LogP contribution in [0.1, 0.15) is 68.2 Å². The summed E-state index contributed by atoms with van der Waals surface area (Å²) in [5.74, 6) is 1.75. The van der Waals surface area contributed by atoms with E-state index in [0.717, 1.165) is 16.5 Å². The van der Waals surface area contributed by atoms with E-state index in [4.69, 9.17) is 0 Å². The second-order valence-corrected chi connectivity index (χ2v) is 8.93. The number of carbonyl (C=O) groups is 1. The molecule has 1 aromatic carbocycles. The molecule has 2 aromatic rings. The van der Waals surface area contributed by atoms with Crippen molar-refractivity contribution in [3.05, 3.63) is 41.2 Å². The maximum absolute atomic E-state index is 12.7. The largest absolute Gasteiger partial charge is 0.309 e. The number of thioether (sulfide) groups is 1. The van der Waals surface area contributed by atoms with Crippen LogP contribution < -0.4 is 0 Å². The SMILES string of the molecule is C[C@@H](Sc1nnc(C2CC2)n1C)C(=O)c1ccc(C(C)(C)C)cc1. The molecule has 4 nitrogen and oxygen atoms in total. The Labute approximate surface area is 148 Å². The van der Waals surface area contributed by atoms with Gasteiger partial charge in [-0.25, -0.2) is 0 Å². The van der Waals surface area contributed by atoms with Gasteiger partial charge in [0.15, 0.2) is 10.9 Å². The van der Waals surface area contributed by atoms with Gasteiger partial charge in [0.25, 0.3) is 0 Å². The highest BCUT2D eigenvalue weighted by Crippen LogP contribution is 2.40. The Morgan fingerprint density at radius 2 is 1.83 bits per heavy atom. The Morgan fingerprint density at radius 3 is 2.38 bits per heavy atom. The van der Waals surface area contributed by atoms with E-state index in [0.29, 0.717) is 5.92 Å². The summed E-state index contributed by atoms with van der Waals surface area (Å²) >= 11 is 1.49. The van der Waals surface area contributed by atoms with Gasteiger partial charge in [0.2, 0.25) is 0 Å². The predicted octanol–water partition coefficient (Wildman–Crippen LogP) is 4.35. The average Bonchev–Trinajstić information content (AvgIpc) is 3.31. The summed E-state index contributed by atoms with van der Waals surface area (Å²) in [6, 6.07) is 7.98. The van der Waals surface area contributed by atoms with Gasteiger partial charge in [-0.2, -0.15) is 0 Å². The molecule has 1 aliphatic rings. The Bertz CT molecular complexity index is 739. The van der Waals surface area contributed by atoms with Crippen LogP contribution in [0.15, 0.2) is 29.4 Å². The van der Waals surface area contributed by atoms with Crippen LogP contribution in [-0.2, 0) is 12.5 Å². The highest BCUT2D eigenvalue weighted by atomic mass is 32.2. The number of hydrogen-bond acceptors (Lipinski definition) is 4. The second-order valence-electron chi connectivity index (χ2n) is 7.63. The number of rotatable bonds is 5. The summed E-state index contributed by atoms with van der Waals surface area (Å²) in [6.45, 7) is 8.46. The van der Waals surface area contributed by atoms with Crippen LogP contribution in [0, 0.1) is 0 Å². The van der Waals surface area contributed by atoms with Gasteiger partial charge in [-0.1, -0.05) is 56.8 Å². The lowest BCUT2D eigenvalue weighted by molar-refractivity contribution is 0.0994. The first kappa shape index (κ1) is 17.2. The number of Topliss-reactive ketones (excluding diaryl/α,β-unsaturated/α-hetero) is 1. The Hall–Kier alpha value is -1.62. The maximum atomic E-state index is 12.7. The average molecular weight is 343 g/mol. The first-order valence-electron chi connectivity index (χ1n) is 8.48. The van der Waals surface area contributed by atoms with Crippen molar-refractivity contribution < 1.29 is 4.79 Å². The topological polar surface area (TPSA) is 47.8 Å². The minimum Gasteiger partial charge on any atom is -0.309 e. The van der Waals surface area contributed by atoms with Crippen molar-refractivity contribution in [2.75, 3.05) is 0 Å². The first-order valence-corrected chi connectivity index (χ1v) is 9.36. The number of carbonyl (C=O) groups excluding carboxylic acids is 1. The van der Waals surface area contributed by atoms with E-state index in [9.17, 15) is 4.79 Å². The fourth-order valence-corrected chi connectivity index (χ4v) is 3.61. The maximum Gasteiger partial charge on any atom is 0.191 e. The van der Waals surface area contributed by atoms with Crippen molar-refractivity contribution in [3.8, 4) is 0 Å². The van der Waals surface area contributed by atoms with Crippen LogP contribution >= 0.6 is 11.8 Å². The minimum absolute atomic E-state index is 0.0970. The van der Waals surface area contributed by atoms with Crippen molar-refractivity contribution in [1.82, 2.24) is 14.8 Å². The standard InChI is InChI=1S/C19H25N3OS/c1-12(24-18-21-20-17(22(18)5)14-6-7-14)16(23)13-8-10-15(11-9-13)19(2,3)4/h8-12,14H,6-7H2,1-5H3/t12-/m1/s1. The number of benzene rings is 1. The van der Waals surface area contributed by atoms with Crippen LogP contribution in [0.4, 0.5) is 0 Å². The molecule has 0 saturated heterocycles. The molecule has 1 fully saturated rings. The molecule has 0 radical (unpaired) electrons. The van der Waals surface area contributed by atoms with Gasteiger partial charge in [-0.3, -0.25) is 4.79 Å². The van der Waals surface area contributed by atoms with Gasteiger partial charge in [-0.05, 0) is 30.7 Å². The zero-order valence-corrected chi connectivity index (χ0v) is 15.9. The van der Waals surface area contributed by atoms with Gasteiger partial charge in [0, 0.05) is 18.5 Å². The first-order chi connectivity index (χ1) is 11.3. The molecular formula is C19H25N3OS. The smallest absolute Gasteiger partial charge is 0.191 e. The van der Waals surface area contributed by atoms with Crippen LogP contribution in [0.3, 0.4) is 0 Å². The summed E-state index contributed by atoms with van der Waals surface area (Å²) in [6.07, 6.45) is 2.40. The molecule has 1 aromatic heterocycles. The highest BCUT2D eigenvalue weighted by molar-refractivity contribution is 8.00. The third-order valence-corrected chi connectivity index (χ3v) is 5.63. The van der Waals surface area contributed by atoms with Crippen molar-refractivity contribution in [3.63, 3.8) is 0 Å². The fourth-order valence-electron chi connectivity index (χ4n) is 2.71. The molecule has 3 rings (SSSR count). The van der Waals surface area contributed by atoms with Gasteiger partial charge in [-0.15, -0.1) is 10.2 Å². The lowest BCUT2D eigenvalue weighted by atomic mass is 9.86. The molecule has 1 atom stereocenters. The van der Waals surface area contributed by atoms with Crippen LogP contribution in [-0.4, -0.2) is 25.8 Å². The van der Waals surface area contributed by atoms with Crippen molar-refractivity contribution in [2.24, 2.45) is 7.05 Å². The van der Waals surface area contributed by atoms with Crippen LogP contribution in [0.2, 0.25) is 0 Å². The van der Waals surface area contributed by atoms with Crippen LogP contribution in [0.25, 0.3) is 0 Å². The normalized spacial score (nSPS) is 16.2. The van der Waals surface area contributed by atoms with Crippen LogP contribution in [0.5, 0.6) is 0 Å². The molecule has 1 aliphatic carbocycles. The molecule has 0 aliphatic heterocycles. The highest BCUT2D eigenvalue weighted by Gasteiger charge is 2.30. The lowest BCUT2D eigenvalue weighted by Gasteiger charge is -2.19. The fraction of sp³-hybridized carbons (Fsp3) is 0.526. The lowest BCUT2D eigenvalue weighted by Crippen LogP contribution is -2.16. The van der Waals surface area contributed by atoms with E-state index in [1.165, 1.54) is 30.2 Å². The summed E-state index contributed by atoms with van der Waals surface area (Å²) in [5.41, 5.74) is 2.09. The van der Waals surface area contributed by atoms with Crippen molar-refractivity contribution in [1.29, 1.82) is 0 Å². The number of aromatic nitrogens is 3. The van der Waals surface area contributed by atoms with E-state index in [1.54, 1.807) is 0 Å². The summed E-state index contributed by atoms with van der Waals surface area (Å²) < 4.78 is 2.04. The van der Waals surface area contributed by atoms with E-state index in [2.05, 4.69) is 43.1 Å². The zero-order valence-electron chi connectivity index (χ0n) is 15.0. The zero-order chi connectivity index (χ0) is 17.5. The van der Waals surface area contributed by atoms with E-state index in [1.807, 2.05) is 30.7 Å². The van der Waals surface area contributed by atoms with E-state index in [-0.39, 0.29) is 16.4 Å². The monoisotopic (exact) mass is 343 g/mol. The Kier molecular flexibility index (Phi) is 4.56. The van der Waals surface area contributed by atoms with Gasteiger partial charge >= 0.3 is 0 Å². The molecule has 0 spiro atoms. The summed E-state index contributed by atoms with van der Waals surface area (Å²) in [4.78, 5) is 12.7. The summed E-state index contributed by atoms with van der Waals surface area (Å²) in [7, 11) is 1.99. The number of hydrogen-bond donors (Lipinski definition) is 0.